The summed E-state index contributed by atoms with van der Waals surface area (Å²) in [6.07, 6.45) is 1.88. The van der Waals surface area contributed by atoms with Gasteiger partial charge < -0.3 is 5.32 Å². The zero-order chi connectivity index (χ0) is 6.27. The number of fused-ring (bicyclic) bond motifs is 1. The Balaban J connectivity index is 2.49. The normalized spacial score (nSPS) is 24.3. The van der Waals surface area contributed by atoms with Crippen molar-refractivity contribution in [1.29, 1.82) is 0 Å². The van der Waals surface area contributed by atoms with Gasteiger partial charge >= 0.3 is 0 Å². The third-order valence-electron chi connectivity index (χ3n) is 1.78. The van der Waals surface area contributed by atoms with E-state index >= 15 is 0 Å². The fourth-order valence-electron chi connectivity index (χ4n) is 1.20. The number of rotatable bonds is 0. The molecule has 0 fully saturated rings. The molecule has 48 valence electrons. The fourth-order valence-corrected chi connectivity index (χ4v) is 1.20. The Bertz CT molecular complexity index is 216. The lowest BCUT2D eigenvalue weighted by atomic mass is 10.2. The van der Waals surface area contributed by atoms with E-state index in [-0.39, 0.29) is 0 Å². The molecule has 1 unspecified atom stereocenters. The first-order valence-corrected chi connectivity index (χ1v) is 3.13. The Hall–Kier alpha value is -0.830. The second-order valence-electron chi connectivity index (χ2n) is 2.41. The lowest BCUT2D eigenvalue weighted by Crippen LogP contribution is -2.08. The summed E-state index contributed by atoms with van der Waals surface area (Å²) in [5, 5.41) is 10.2. The first kappa shape index (κ1) is 4.99. The van der Waals surface area contributed by atoms with Gasteiger partial charge in [0.05, 0.1) is 11.9 Å². The predicted molar refractivity (Wildman–Crippen MR) is 33.8 cm³/mol. The van der Waals surface area contributed by atoms with Gasteiger partial charge in [0, 0.05) is 18.2 Å². The fraction of sp³-hybridized carbons (Fsp3) is 0.500. The van der Waals surface area contributed by atoms with E-state index < -0.39 is 0 Å². The van der Waals surface area contributed by atoms with Crippen LogP contribution in [0.2, 0.25) is 0 Å². The Morgan fingerprint density at radius 3 is 3.44 bits per heavy atom. The van der Waals surface area contributed by atoms with Gasteiger partial charge in [-0.3, -0.25) is 5.10 Å². The van der Waals surface area contributed by atoms with E-state index in [4.69, 9.17) is 0 Å². The second-order valence-corrected chi connectivity index (χ2v) is 2.41. The van der Waals surface area contributed by atoms with E-state index in [0.717, 1.165) is 6.54 Å². The first-order valence-electron chi connectivity index (χ1n) is 3.13. The van der Waals surface area contributed by atoms with E-state index in [2.05, 4.69) is 22.4 Å². The molecule has 0 spiro atoms. The van der Waals surface area contributed by atoms with Gasteiger partial charge in [0.2, 0.25) is 0 Å². The first-order chi connectivity index (χ1) is 4.38. The smallest absolute Gasteiger partial charge is 0.0563 e. The van der Waals surface area contributed by atoms with Crippen LogP contribution in [0.4, 0.5) is 0 Å². The molecular formula is C6H9N3. The molecule has 1 atom stereocenters. The van der Waals surface area contributed by atoms with Crippen LogP contribution in [-0.4, -0.2) is 10.2 Å². The van der Waals surface area contributed by atoms with E-state index in [1.165, 1.54) is 11.3 Å². The zero-order valence-electron chi connectivity index (χ0n) is 5.31. The van der Waals surface area contributed by atoms with Crippen molar-refractivity contribution >= 4 is 0 Å². The Morgan fingerprint density at radius 1 is 1.78 bits per heavy atom. The number of hydrogen-bond acceptors (Lipinski definition) is 2. The van der Waals surface area contributed by atoms with Crippen LogP contribution in [0.15, 0.2) is 6.20 Å². The molecule has 1 aromatic heterocycles. The summed E-state index contributed by atoms with van der Waals surface area (Å²) in [5.41, 5.74) is 2.55. The van der Waals surface area contributed by atoms with Gasteiger partial charge in [-0.25, -0.2) is 0 Å². The van der Waals surface area contributed by atoms with Crippen LogP contribution in [0.5, 0.6) is 0 Å². The van der Waals surface area contributed by atoms with Gasteiger partial charge in [-0.2, -0.15) is 5.10 Å². The molecule has 1 aromatic rings. The van der Waals surface area contributed by atoms with Crippen LogP contribution in [0.1, 0.15) is 24.2 Å². The van der Waals surface area contributed by atoms with Crippen molar-refractivity contribution in [3.8, 4) is 0 Å². The molecule has 2 heterocycles. The van der Waals surface area contributed by atoms with Crippen molar-refractivity contribution in [3.63, 3.8) is 0 Å². The molecule has 0 amide bonds. The quantitative estimate of drug-likeness (QED) is 0.529. The molecule has 9 heavy (non-hydrogen) atoms. The predicted octanol–water partition coefficient (Wildman–Crippen LogP) is 0.574. The number of nitrogens with zero attached hydrogens (tertiary/aromatic N) is 1. The van der Waals surface area contributed by atoms with Crippen LogP contribution in [-0.2, 0) is 6.54 Å². The van der Waals surface area contributed by atoms with E-state index in [9.17, 15) is 0 Å². The van der Waals surface area contributed by atoms with E-state index in [1.54, 1.807) is 0 Å². The highest BCUT2D eigenvalue weighted by Gasteiger charge is 2.18. The molecule has 2 rings (SSSR count). The molecule has 1 aliphatic rings. The highest BCUT2D eigenvalue weighted by Crippen LogP contribution is 2.20. The summed E-state index contributed by atoms with van der Waals surface area (Å²) in [7, 11) is 0. The van der Waals surface area contributed by atoms with Crippen LogP contribution in [0.25, 0.3) is 0 Å². The lowest BCUT2D eigenvalue weighted by molar-refractivity contribution is 0.614. The van der Waals surface area contributed by atoms with Gasteiger partial charge in [-0.1, -0.05) is 0 Å². The van der Waals surface area contributed by atoms with Crippen LogP contribution in [0.3, 0.4) is 0 Å². The molecule has 0 saturated heterocycles. The lowest BCUT2D eigenvalue weighted by Gasteiger charge is -1.98. The van der Waals surface area contributed by atoms with Gasteiger partial charge in [-0.05, 0) is 6.92 Å². The Labute approximate surface area is 53.5 Å². The van der Waals surface area contributed by atoms with Crippen molar-refractivity contribution in [2.75, 3.05) is 0 Å². The maximum atomic E-state index is 3.93. The number of nitrogens with one attached hydrogen (secondary N) is 2. The summed E-state index contributed by atoms with van der Waals surface area (Å²) < 4.78 is 0. The van der Waals surface area contributed by atoms with Crippen molar-refractivity contribution in [3.05, 3.63) is 17.5 Å². The molecule has 2 N–H and O–H groups in total. The zero-order valence-corrected chi connectivity index (χ0v) is 5.31. The Morgan fingerprint density at radius 2 is 2.67 bits per heavy atom. The summed E-state index contributed by atoms with van der Waals surface area (Å²) in [6, 6.07) is 0.461. The molecule has 0 saturated carbocycles. The van der Waals surface area contributed by atoms with Gasteiger partial charge in [0.25, 0.3) is 0 Å². The summed E-state index contributed by atoms with van der Waals surface area (Å²) in [6.45, 7) is 3.09. The molecule has 1 aliphatic heterocycles. The van der Waals surface area contributed by atoms with Crippen molar-refractivity contribution in [1.82, 2.24) is 15.5 Å². The topological polar surface area (TPSA) is 40.7 Å². The second kappa shape index (κ2) is 1.57. The number of H-pyrrole nitrogens is 1. The average molecular weight is 123 g/mol. The van der Waals surface area contributed by atoms with Crippen LogP contribution >= 0.6 is 0 Å². The SMILES string of the molecule is CC1NCc2cn[nH]c21. The number of hydrogen-bond donors (Lipinski definition) is 2. The maximum absolute atomic E-state index is 3.93. The van der Waals surface area contributed by atoms with Crippen molar-refractivity contribution in [2.45, 2.75) is 19.5 Å². The van der Waals surface area contributed by atoms with Gasteiger partial charge in [0.1, 0.15) is 0 Å². The Kier molecular flexibility index (Phi) is 0.873. The van der Waals surface area contributed by atoms with E-state index in [1.807, 2.05) is 6.20 Å². The average Bonchev–Trinajstić information content (AvgIpc) is 2.35. The largest absolute Gasteiger partial charge is 0.305 e. The standard InChI is InChI=1S/C6H9N3/c1-4-6-5(2-7-4)3-8-9-6/h3-4,7H,2H2,1H3,(H,8,9). The number of aromatic amines is 1. The molecule has 0 aliphatic carbocycles. The third-order valence-corrected chi connectivity index (χ3v) is 1.78. The molecule has 0 radical (unpaired) electrons. The maximum Gasteiger partial charge on any atom is 0.0563 e. The molecule has 3 nitrogen and oxygen atoms in total. The summed E-state index contributed by atoms with van der Waals surface area (Å²) in [4.78, 5) is 0. The molecule has 3 heteroatoms. The third kappa shape index (κ3) is 0.580. The van der Waals surface area contributed by atoms with Gasteiger partial charge in [0.15, 0.2) is 0 Å². The molecule has 0 bridgehead atoms. The highest BCUT2D eigenvalue weighted by atomic mass is 15.1. The minimum absolute atomic E-state index is 0.461. The number of aromatic nitrogens is 2. The van der Waals surface area contributed by atoms with Crippen LogP contribution in [0, 0.1) is 0 Å². The van der Waals surface area contributed by atoms with Crippen LogP contribution < -0.4 is 5.32 Å². The molecule has 0 aromatic carbocycles. The minimum Gasteiger partial charge on any atom is -0.305 e. The van der Waals surface area contributed by atoms with Crippen molar-refractivity contribution in [2.24, 2.45) is 0 Å². The summed E-state index contributed by atoms with van der Waals surface area (Å²) >= 11 is 0. The summed E-state index contributed by atoms with van der Waals surface area (Å²) in [5.74, 6) is 0. The van der Waals surface area contributed by atoms with E-state index in [0.29, 0.717) is 6.04 Å². The van der Waals surface area contributed by atoms with Crippen molar-refractivity contribution < 1.29 is 0 Å². The minimum atomic E-state index is 0.461. The molecular weight excluding hydrogens is 114 g/mol. The van der Waals surface area contributed by atoms with Gasteiger partial charge in [-0.15, -0.1) is 0 Å². The monoisotopic (exact) mass is 123 g/mol. The highest BCUT2D eigenvalue weighted by molar-refractivity contribution is 5.23.